The van der Waals surface area contributed by atoms with Crippen molar-refractivity contribution < 1.29 is 14.7 Å². The Balaban J connectivity index is 1.87. The van der Waals surface area contributed by atoms with Gasteiger partial charge in [0.25, 0.3) is 0 Å². The second-order valence-corrected chi connectivity index (χ2v) is 4.69. The number of carboxylic acid groups (broad SMARTS) is 1. The molecule has 2 rings (SSSR count). The summed E-state index contributed by atoms with van der Waals surface area (Å²) in [5.41, 5.74) is 0. The molecular formula is C11H19N3O3. The van der Waals surface area contributed by atoms with Gasteiger partial charge in [0, 0.05) is 19.6 Å². The molecule has 0 spiro atoms. The molecule has 0 radical (unpaired) electrons. The third-order valence-corrected chi connectivity index (χ3v) is 3.27. The molecule has 1 aliphatic heterocycles. The van der Waals surface area contributed by atoms with Gasteiger partial charge in [-0.15, -0.1) is 0 Å². The fourth-order valence-corrected chi connectivity index (χ4v) is 2.08. The van der Waals surface area contributed by atoms with Crippen molar-refractivity contribution in [1.82, 2.24) is 15.5 Å². The molecule has 96 valence electrons. The molecule has 0 bridgehead atoms. The summed E-state index contributed by atoms with van der Waals surface area (Å²) in [7, 11) is 0. The fourth-order valence-electron chi connectivity index (χ4n) is 2.08. The van der Waals surface area contributed by atoms with Crippen LogP contribution in [0.5, 0.6) is 0 Å². The van der Waals surface area contributed by atoms with E-state index in [1.54, 1.807) is 4.90 Å². The minimum absolute atomic E-state index is 0.126. The number of rotatable bonds is 3. The van der Waals surface area contributed by atoms with E-state index >= 15 is 0 Å². The Labute approximate surface area is 100 Å². The molecule has 1 heterocycles. The van der Waals surface area contributed by atoms with Crippen molar-refractivity contribution in [3.05, 3.63) is 0 Å². The number of amides is 2. The van der Waals surface area contributed by atoms with E-state index in [0.29, 0.717) is 13.1 Å². The van der Waals surface area contributed by atoms with E-state index in [4.69, 9.17) is 5.11 Å². The fraction of sp³-hybridized carbons (Fsp3) is 0.818. The zero-order valence-corrected chi connectivity index (χ0v) is 9.82. The third kappa shape index (κ3) is 3.33. The Morgan fingerprint density at radius 1 is 1.29 bits per heavy atom. The third-order valence-electron chi connectivity index (χ3n) is 3.27. The van der Waals surface area contributed by atoms with Crippen LogP contribution in [0.25, 0.3) is 0 Å². The lowest BCUT2D eigenvalue weighted by Gasteiger charge is -2.23. The van der Waals surface area contributed by atoms with E-state index in [2.05, 4.69) is 10.6 Å². The Kier molecular flexibility index (Phi) is 3.83. The topological polar surface area (TPSA) is 81.7 Å². The van der Waals surface area contributed by atoms with Crippen molar-refractivity contribution in [3.63, 3.8) is 0 Å². The highest BCUT2D eigenvalue weighted by atomic mass is 16.4. The predicted molar refractivity (Wildman–Crippen MR) is 61.7 cm³/mol. The molecule has 1 unspecified atom stereocenters. The van der Waals surface area contributed by atoms with Crippen LogP contribution in [0.2, 0.25) is 0 Å². The van der Waals surface area contributed by atoms with Crippen LogP contribution in [0, 0.1) is 5.92 Å². The highest BCUT2D eigenvalue weighted by Gasteiger charge is 2.38. The number of hydrogen-bond donors (Lipinski definition) is 3. The maximum absolute atomic E-state index is 11.9. The second-order valence-electron chi connectivity index (χ2n) is 4.69. The average molecular weight is 241 g/mol. The standard InChI is InChI=1S/C11H19N3O3/c15-10(16)9(8-2-3-8)13-11(17)14-6-1-4-12-5-7-14/h8-9,12H,1-7H2,(H,13,17)(H,15,16). The summed E-state index contributed by atoms with van der Waals surface area (Å²) >= 11 is 0. The van der Waals surface area contributed by atoms with Crippen LogP contribution < -0.4 is 10.6 Å². The molecule has 2 aliphatic rings. The normalized spacial score (nSPS) is 22.7. The lowest BCUT2D eigenvalue weighted by Crippen LogP contribution is -2.49. The van der Waals surface area contributed by atoms with Crippen molar-refractivity contribution >= 4 is 12.0 Å². The van der Waals surface area contributed by atoms with Gasteiger partial charge in [-0.25, -0.2) is 9.59 Å². The quantitative estimate of drug-likeness (QED) is 0.642. The number of carbonyl (C=O) groups excluding carboxylic acids is 1. The lowest BCUT2D eigenvalue weighted by atomic mass is 10.2. The smallest absolute Gasteiger partial charge is 0.326 e. The van der Waals surface area contributed by atoms with Gasteiger partial charge in [0.05, 0.1) is 0 Å². The molecule has 0 aromatic heterocycles. The molecule has 0 aromatic rings. The van der Waals surface area contributed by atoms with E-state index in [0.717, 1.165) is 32.4 Å². The van der Waals surface area contributed by atoms with Gasteiger partial charge >= 0.3 is 12.0 Å². The summed E-state index contributed by atoms with van der Waals surface area (Å²) in [6.45, 7) is 3.02. The van der Waals surface area contributed by atoms with Gasteiger partial charge in [0.1, 0.15) is 6.04 Å². The highest BCUT2D eigenvalue weighted by Crippen LogP contribution is 2.32. The van der Waals surface area contributed by atoms with Crippen molar-refractivity contribution in [2.24, 2.45) is 5.92 Å². The maximum Gasteiger partial charge on any atom is 0.326 e. The first-order chi connectivity index (χ1) is 8.18. The number of nitrogens with zero attached hydrogens (tertiary/aromatic N) is 1. The molecule has 2 fully saturated rings. The van der Waals surface area contributed by atoms with E-state index < -0.39 is 12.0 Å². The number of hydrogen-bond acceptors (Lipinski definition) is 3. The van der Waals surface area contributed by atoms with Crippen molar-refractivity contribution in [2.45, 2.75) is 25.3 Å². The van der Waals surface area contributed by atoms with Crippen molar-refractivity contribution in [3.8, 4) is 0 Å². The molecular weight excluding hydrogens is 222 g/mol. The summed E-state index contributed by atoms with van der Waals surface area (Å²) in [6, 6.07) is -0.952. The van der Waals surface area contributed by atoms with E-state index in [-0.39, 0.29) is 11.9 Å². The molecule has 6 nitrogen and oxygen atoms in total. The zero-order chi connectivity index (χ0) is 12.3. The number of nitrogens with one attached hydrogen (secondary N) is 2. The second kappa shape index (κ2) is 5.35. The summed E-state index contributed by atoms with van der Waals surface area (Å²) in [5, 5.41) is 14.9. The molecule has 1 saturated heterocycles. The number of carbonyl (C=O) groups is 2. The van der Waals surface area contributed by atoms with Gasteiger partial charge < -0.3 is 20.6 Å². The van der Waals surface area contributed by atoms with Gasteiger partial charge in [-0.05, 0) is 31.7 Å². The SMILES string of the molecule is O=C(O)C(NC(=O)N1CCCNCC1)C1CC1. The van der Waals surface area contributed by atoms with Gasteiger partial charge in [0.2, 0.25) is 0 Å². The summed E-state index contributed by atoms with van der Waals surface area (Å²) < 4.78 is 0. The largest absolute Gasteiger partial charge is 0.480 e. The van der Waals surface area contributed by atoms with E-state index in [1.165, 1.54) is 0 Å². The first-order valence-electron chi connectivity index (χ1n) is 6.17. The highest BCUT2D eigenvalue weighted by molar-refractivity contribution is 5.83. The lowest BCUT2D eigenvalue weighted by molar-refractivity contribution is -0.139. The Morgan fingerprint density at radius 3 is 2.71 bits per heavy atom. The monoisotopic (exact) mass is 241 g/mol. The molecule has 2 amide bonds. The Bertz CT molecular complexity index is 296. The predicted octanol–water partition coefficient (Wildman–Crippen LogP) is -0.145. The van der Waals surface area contributed by atoms with Crippen LogP contribution in [0.4, 0.5) is 4.79 Å². The van der Waals surface area contributed by atoms with E-state index in [9.17, 15) is 9.59 Å². The summed E-state index contributed by atoms with van der Waals surface area (Å²) in [5.74, 6) is -0.796. The van der Waals surface area contributed by atoms with E-state index in [1.807, 2.05) is 0 Å². The molecule has 6 heteroatoms. The van der Waals surface area contributed by atoms with Crippen LogP contribution >= 0.6 is 0 Å². The first-order valence-corrected chi connectivity index (χ1v) is 6.17. The molecule has 1 saturated carbocycles. The Morgan fingerprint density at radius 2 is 2.06 bits per heavy atom. The van der Waals surface area contributed by atoms with Crippen LogP contribution in [-0.4, -0.2) is 54.2 Å². The zero-order valence-electron chi connectivity index (χ0n) is 9.82. The van der Waals surface area contributed by atoms with Gasteiger partial charge in [-0.2, -0.15) is 0 Å². The van der Waals surface area contributed by atoms with Crippen LogP contribution in [0.1, 0.15) is 19.3 Å². The van der Waals surface area contributed by atoms with Crippen LogP contribution in [0.3, 0.4) is 0 Å². The number of urea groups is 1. The summed E-state index contributed by atoms with van der Waals surface area (Å²) in [4.78, 5) is 24.6. The molecule has 3 N–H and O–H groups in total. The molecule has 1 aliphatic carbocycles. The minimum Gasteiger partial charge on any atom is -0.480 e. The number of aliphatic carboxylic acids is 1. The maximum atomic E-state index is 11.9. The molecule has 0 aromatic carbocycles. The molecule has 1 atom stereocenters. The first kappa shape index (κ1) is 12.2. The van der Waals surface area contributed by atoms with Gasteiger partial charge in [-0.3, -0.25) is 0 Å². The van der Waals surface area contributed by atoms with Crippen LogP contribution in [-0.2, 0) is 4.79 Å². The number of carboxylic acids is 1. The minimum atomic E-state index is -0.922. The summed E-state index contributed by atoms with van der Waals surface area (Å²) in [6.07, 6.45) is 2.71. The Hall–Kier alpha value is -1.30. The van der Waals surface area contributed by atoms with Crippen molar-refractivity contribution in [1.29, 1.82) is 0 Å². The average Bonchev–Trinajstić information content (AvgIpc) is 3.11. The van der Waals surface area contributed by atoms with Gasteiger partial charge in [0.15, 0.2) is 0 Å². The van der Waals surface area contributed by atoms with Crippen LogP contribution in [0.15, 0.2) is 0 Å². The van der Waals surface area contributed by atoms with Crippen molar-refractivity contribution in [2.75, 3.05) is 26.2 Å². The van der Waals surface area contributed by atoms with Gasteiger partial charge in [-0.1, -0.05) is 0 Å². The molecule has 17 heavy (non-hydrogen) atoms.